The number of nitrogens with zero attached hydrogens (tertiary/aromatic N) is 2. The molecular formula is C26H25N3O3S2. The molecule has 3 aromatic rings. The highest BCUT2D eigenvalue weighted by Crippen LogP contribution is 2.32. The molecule has 2 aliphatic rings. The molecule has 5 rings (SSSR count). The van der Waals surface area contributed by atoms with Crippen molar-refractivity contribution >= 4 is 32.4 Å². The molecule has 6 nitrogen and oxygen atoms in total. The van der Waals surface area contributed by atoms with Crippen LogP contribution in [0.3, 0.4) is 0 Å². The molecule has 1 aliphatic heterocycles. The lowest BCUT2D eigenvalue weighted by Gasteiger charge is -2.36. The summed E-state index contributed by atoms with van der Waals surface area (Å²) in [4.78, 5) is 17.4. The first-order valence-corrected chi connectivity index (χ1v) is 13.5. The molecule has 0 unspecified atom stereocenters. The highest BCUT2D eigenvalue weighted by Gasteiger charge is 2.34. The predicted octanol–water partition coefficient (Wildman–Crippen LogP) is 5.12. The smallest absolute Gasteiger partial charge is 0.257 e. The van der Waals surface area contributed by atoms with E-state index in [1.807, 2.05) is 48.7 Å². The van der Waals surface area contributed by atoms with E-state index in [-0.39, 0.29) is 16.7 Å². The molecule has 34 heavy (non-hydrogen) atoms. The van der Waals surface area contributed by atoms with Crippen LogP contribution in [-0.4, -0.2) is 36.7 Å². The minimum absolute atomic E-state index is 0.203. The number of benzene rings is 2. The number of piperidine rings is 1. The molecule has 2 atom stereocenters. The monoisotopic (exact) mass is 491 g/mol. The van der Waals surface area contributed by atoms with E-state index in [1.54, 1.807) is 16.4 Å². The van der Waals surface area contributed by atoms with Crippen molar-refractivity contribution in [3.63, 3.8) is 0 Å². The number of anilines is 1. The Balaban J connectivity index is 1.26. The van der Waals surface area contributed by atoms with Crippen molar-refractivity contribution in [2.45, 2.75) is 18.2 Å². The van der Waals surface area contributed by atoms with Crippen LogP contribution in [-0.2, 0) is 10.0 Å². The Hall–Kier alpha value is -3.07. The molecule has 1 fully saturated rings. The lowest BCUT2D eigenvalue weighted by atomic mass is 9.83. The zero-order valence-electron chi connectivity index (χ0n) is 18.7. The molecule has 0 spiro atoms. The van der Waals surface area contributed by atoms with Crippen LogP contribution in [0.2, 0.25) is 0 Å². The average Bonchev–Trinajstić information content (AvgIpc) is 3.32. The molecule has 174 valence electrons. The van der Waals surface area contributed by atoms with Gasteiger partial charge in [-0.2, -0.15) is 4.31 Å². The zero-order chi connectivity index (χ0) is 23.7. The zero-order valence-corrected chi connectivity index (χ0v) is 20.4. The average molecular weight is 492 g/mol. The van der Waals surface area contributed by atoms with Crippen LogP contribution in [0.15, 0.2) is 83.1 Å². The standard InChI is InChI=1S/C26H25N3O3S2/c1-18-6-8-20(9-7-18)24-17-33-26(27-24)28-25(30)21-10-12-23(13-11-21)34(31,32)29-15-14-19-4-2-3-5-22(19)16-29/h2-13,17,19,22H,14-16H2,1H3,(H,27,28,30)/t19-,22-/m0/s1. The van der Waals surface area contributed by atoms with E-state index >= 15 is 0 Å². The second kappa shape index (κ2) is 9.29. The van der Waals surface area contributed by atoms with Crippen LogP contribution in [0.4, 0.5) is 5.13 Å². The second-order valence-electron chi connectivity index (χ2n) is 8.63. The van der Waals surface area contributed by atoms with Gasteiger partial charge in [0, 0.05) is 29.6 Å². The minimum atomic E-state index is -3.61. The Kier molecular flexibility index (Phi) is 6.20. The van der Waals surface area contributed by atoms with Gasteiger partial charge >= 0.3 is 0 Å². The van der Waals surface area contributed by atoms with E-state index in [1.165, 1.54) is 29.0 Å². The number of thiazole rings is 1. The molecule has 1 N–H and O–H groups in total. The highest BCUT2D eigenvalue weighted by atomic mass is 32.2. The van der Waals surface area contributed by atoms with E-state index in [0.717, 1.165) is 17.7 Å². The first-order valence-electron chi connectivity index (χ1n) is 11.2. The molecule has 0 bridgehead atoms. The molecule has 0 saturated carbocycles. The summed E-state index contributed by atoms with van der Waals surface area (Å²) in [5, 5.41) is 5.20. The maximum absolute atomic E-state index is 13.2. The van der Waals surface area contributed by atoms with Crippen molar-refractivity contribution in [1.82, 2.24) is 9.29 Å². The van der Waals surface area contributed by atoms with Crippen LogP contribution in [0.25, 0.3) is 11.3 Å². The molecule has 1 amide bonds. The summed E-state index contributed by atoms with van der Waals surface area (Å²) in [7, 11) is -3.61. The molecule has 0 radical (unpaired) electrons. The van der Waals surface area contributed by atoms with Crippen molar-refractivity contribution < 1.29 is 13.2 Å². The van der Waals surface area contributed by atoms with Gasteiger partial charge < -0.3 is 0 Å². The number of carbonyl (C=O) groups is 1. The second-order valence-corrected chi connectivity index (χ2v) is 11.4. The molecule has 2 heterocycles. The van der Waals surface area contributed by atoms with Gasteiger partial charge in [0.2, 0.25) is 10.0 Å². The third-order valence-corrected chi connectivity index (χ3v) is 8.97. The van der Waals surface area contributed by atoms with E-state index in [4.69, 9.17) is 0 Å². The highest BCUT2D eigenvalue weighted by molar-refractivity contribution is 7.89. The fraction of sp³-hybridized carbons (Fsp3) is 0.231. The summed E-state index contributed by atoms with van der Waals surface area (Å²) in [6.07, 6.45) is 9.07. The van der Waals surface area contributed by atoms with Gasteiger partial charge in [0.15, 0.2) is 5.13 Å². The number of nitrogens with one attached hydrogen (secondary N) is 1. The first-order chi connectivity index (χ1) is 16.4. The van der Waals surface area contributed by atoms with E-state index in [2.05, 4.69) is 22.5 Å². The number of hydrogen-bond acceptors (Lipinski definition) is 5. The number of hydrogen-bond donors (Lipinski definition) is 1. The van der Waals surface area contributed by atoms with Gasteiger partial charge in [-0.25, -0.2) is 13.4 Å². The van der Waals surface area contributed by atoms with Crippen molar-refractivity contribution in [2.75, 3.05) is 18.4 Å². The Morgan fingerprint density at radius 2 is 1.74 bits per heavy atom. The van der Waals surface area contributed by atoms with E-state index in [0.29, 0.717) is 29.7 Å². The van der Waals surface area contributed by atoms with Crippen molar-refractivity contribution in [2.24, 2.45) is 11.8 Å². The van der Waals surface area contributed by atoms with Crippen LogP contribution >= 0.6 is 11.3 Å². The molecular weight excluding hydrogens is 466 g/mol. The van der Waals surface area contributed by atoms with Gasteiger partial charge in [-0.3, -0.25) is 10.1 Å². The Morgan fingerprint density at radius 3 is 2.47 bits per heavy atom. The summed E-state index contributed by atoms with van der Waals surface area (Å²) in [5.74, 6) is 0.287. The molecule has 1 aromatic heterocycles. The molecule has 1 aliphatic carbocycles. The SMILES string of the molecule is Cc1ccc(-c2csc(NC(=O)c3ccc(S(=O)(=O)N4CC[C@@H]5C=CC=C[C@H]5C4)cc3)n2)cc1. The lowest BCUT2D eigenvalue weighted by molar-refractivity contribution is 0.102. The third kappa shape index (κ3) is 4.61. The van der Waals surface area contributed by atoms with Gasteiger partial charge in [0.25, 0.3) is 5.91 Å². The Bertz CT molecular complexity index is 1360. The third-order valence-electron chi connectivity index (χ3n) is 6.33. The normalized spacial score (nSPS) is 20.1. The molecule has 1 saturated heterocycles. The van der Waals surface area contributed by atoms with E-state index < -0.39 is 10.0 Å². The van der Waals surface area contributed by atoms with Crippen LogP contribution in [0.5, 0.6) is 0 Å². The molecule has 8 heteroatoms. The summed E-state index contributed by atoms with van der Waals surface area (Å²) >= 11 is 1.35. The molecule has 2 aromatic carbocycles. The topological polar surface area (TPSA) is 79.4 Å². The van der Waals surface area contributed by atoms with E-state index in [9.17, 15) is 13.2 Å². The quantitative estimate of drug-likeness (QED) is 0.537. The van der Waals surface area contributed by atoms with Gasteiger partial charge in [-0.1, -0.05) is 54.1 Å². The minimum Gasteiger partial charge on any atom is -0.298 e. The number of sulfonamides is 1. The fourth-order valence-electron chi connectivity index (χ4n) is 4.33. The van der Waals surface area contributed by atoms with Gasteiger partial charge in [0.05, 0.1) is 10.6 Å². The van der Waals surface area contributed by atoms with Crippen molar-refractivity contribution in [3.8, 4) is 11.3 Å². The first kappa shape index (κ1) is 22.7. The number of aromatic nitrogens is 1. The number of rotatable bonds is 5. The maximum Gasteiger partial charge on any atom is 0.257 e. The number of carbonyl (C=O) groups excluding carboxylic acids is 1. The number of amides is 1. The van der Waals surface area contributed by atoms with Crippen molar-refractivity contribution in [1.29, 1.82) is 0 Å². The Morgan fingerprint density at radius 1 is 1.03 bits per heavy atom. The number of aryl methyl sites for hydroxylation is 1. The van der Waals surface area contributed by atoms with Crippen LogP contribution in [0, 0.1) is 18.8 Å². The summed E-state index contributed by atoms with van der Waals surface area (Å²) in [6, 6.07) is 14.2. The van der Waals surface area contributed by atoms with Crippen molar-refractivity contribution in [3.05, 3.63) is 89.3 Å². The number of fused-ring (bicyclic) bond motifs is 1. The number of allylic oxidation sites excluding steroid dienone is 3. The lowest BCUT2D eigenvalue weighted by Crippen LogP contribution is -2.43. The van der Waals surface area contributed by atoms with Crippen LogP contribution in [0.1, 0.15) is 22.3 Å². The summed E-state index contributed by atoms with van der Waals surface area (Å²) in [6.45, 7) is 3.00. The maximum atomic E-state index is 13.2. The Labute approximate surface area is 203 Å². The van der Waals surface area contributed by atoms with Gasteiger partial charge in [-0.05, 0) is 49.4 Å². The fourth-order valence-corrected chi connectivity index (χ4v) is 6.54. The summed E-state index contributed by atoms with van der Waals surface area (Å²) < 4.78 is 27.9. The summed E-state index contributed by atoms with van der Waals surface area (Å²) in [5.41, 5.74) is 3.34. The largest absolute Gasteiger partial charge is 0.298 e. The predicted molar refractivity (Wildman–Crippen MR) is 135 cm³/mol. The van der Waals surface area contributed by atoms with Gasteiger partial charge in [0.1, 0.15) is 0 Å². The van der Waals surface area contributed by atoms with Crippen LogP contribution < -0.4 is 5.32 Å². The van der Waals surface area contributed by atoms with Gasteiger partial charge in [-0.15, -0.1) is 11.3 Å².